The Morgan fingerprint density at radius 2 is 2.33 bits per heavy atom. The largest absolute Gasteiger partial charge is 0.463 e. The van der Waals surface area contributed by atoms with Gasteiger partial charge in [-0.1, -0.05) is 6.07 Å². The number of aromatic nitrogens is 1. The highest BCUT2D eigenvalue weighted by Crippen LogP contribution is 2.17. The number of urea groups is 2. The van der Waals surface area contributed by atoms with E-state index < -0.39 is 6.03 Å². The van der Waals surface area contributed by atoms with E-state index in [4.69, 9.17) is 4.42 Å². The highest BCUT2D eigenvalue weighted by Gasteiger charge is 2.25. The van der Waals surface area contributed by atoms with Gasteiger partial charge in [-0.2, -0.15) is 0 Å². The Balaban J connectivity index is 1.58. The molecule has 7 nitrogen and oxygen atoms in total. The molecule has 1 fully saturated rings. The van der Waals surface area contributed by atoms with Crippen LogP contribution in [0.2, 0.25) is 0 Å². The van der Waals surface area contributed by atoms with Gasteiger partial charge in [-0.05, 0) is 23.8 Å². The summed E-state index contributed by atoms with van der Waals surface area (Å²) in [7, 11) is 0. The average molecular weight is 286 g/mol. The van der Waals surface area contributed by atoms with Gasteiger partial charge in [0.25, 0.3) is 0 Å². The summed E-state index contributed by atoms with van der Waals surface area (Å²) < 4.78 is 5.25. The minimum absolute atomic E-state index is 0.314. The molecule has 3 rings (SSSR count). The third kappa shape index (κ3) is 2.86. The molecular weight excluding hydrogens is 272 g/mol. The minimum atomic E-state index is -0.403. The predicted octanol–water partition coefficient (Wildman–Crippen LogP) is 1.58. The summed E-state index contributed by atoms with van der Waals surface area (Å²) in [4.78, 5) is 28.6. The Hall–Kier alpha value is -2.83. The molecule has 0 spiro atoms. The molecular formula is C14H14N4O3. The summed E-state index contributed by atoms with van der Waals surface area (Å²) in [5, 5.41) is 5.26. The van der Waals surface area contributed by atoms with Crippen LogP contribution in [0.4, 0.5) is 9.59 Å². The first-order chi connectivity index (χ1) is 10.2. The van der Waals surface area contributed by atoms with Crippen molar-refractivity contribution in [3.8, 4) is 11.5 Å². The lowest BCUT2D eigenvalue weighted by atomic mass is 10.2. The zero-order valence-electron chi connectivity index (χ0n) is 11.2. The Bertz CT molecular complexity index is 637. The quantitative estimate of drug-likeness (QED) is 0.896. The number of nitrogens with zero attached hydrogens (tertiary/aromatic N) is 2. The summed E-state index contributed by atoms with van der Waals surface area (Å²) in [6, 6.07) is 6.54. The van der Waals surface area contributed by atoms with Crippen molar-refractivity contribution in [2.45, 2.75) is 6.54 Å². The van der Waals surface area contributed by atoms with Crippen LogP contribution >= 0.6 is 0 Å². The lowest BCUT2D eigenvalue weighted by Crippen LogP contribution is -2.41. The molecule has 2 aromatic rings. The zero-order valence-corrected chi connectivity index (χ0v) is 11.2. The van der Waals surface area contributed by atoms with E-state index in [2.05, 4.69) is 15.6 Å². The molecule has 0 aliphatic carbocycles. The third-order valence-electron chi connectivity index (χ3n) is 3.14. The average Bonchev–Trinajstić information content (AvgIpc) is 3.16. The van der Waals surface area contributed by atoms with Crippen molar-refractivity contribution in [1.82, 2.24) is 20.5 Å². The van der Waals surface area contributed by atoms with Crippen molar-refractivity contribution in [3.05, 3.63) is 42.3 Å². The molecule has 1 saturated heterocycles. The van der Waals surface area contributed by atoms with Crippen LogP contribution in [-0.4, -0.2) is 35.0 Å². The second kappa shape index (κ2) is 5.66. The molecule has 3 heterocycles. The van der Waals surface area contributed by atoms with Gasteiger partial charge in [-0.15, -0.1) is 0 Å². The lowest BCUT2D eigenvalue weighted by molar-refractivity contribution is 0.198. The second-order valence-corrected chi connectivity index (χ2v) is 4.57. The first-order valence-corrected chi connectivity index (χ1v) is 6.56. The van der Waals surface area contributed by atoms with Crippen LogP contribution in [0.1, 0.15) is 5.56 Å². The van der Waals surface area contributed by atoms with Crippen molar-refractivity contribution in [2.24, 2.45) is 0 Å². The van der Waals surface area contributed by atoms with Crippen molar-refractivity contribution in [3.63, 3.8) is 0 Å². The molecule has 2 aromatic heterocycles. The molecule has 7 heteroatoms. The molecule has 21 heavy (non-hydrogen) atoms. The van der Waals surface area contributed by atoms with E-state index in [1.807, 2.05) is 18.2 Å². The zero-order chi connectivity index (χ0) is 14.7. The van der Waals surface area contributed by atoms with Gasteiger partial charge in [-0.25, -0.2) is 14.5 Å². The molecule has 0 aromatic carbocycles. The van der Waals surface area contributed by atoms with E-state index >= 15 is 0 Å². The van der Waals surface area contributed by atoms with Gasteiger partial charge < -0.3 is 15.1 Å². The van der Waals surface area contributed by atoms with Crippen molar-refractivity contribution in [1.29, 1.82) is 0 Å². The van der Waals surface area contributed by atoms with E-state index in [0.29, 0.717) is 25.4 Å². The number of pyridine rings is 1. The van der Waals surface area contributed by atoms with Crippen LogP contribution in [0.15, 0.2) is 41.1 Å². The number of nitrogens with one attached hydrogen (secondary N) is 2. The van der Waals surface area contributed by atoms with E-state index in [1.165, 1.54) is 0 Å². The fraction of sp³-hybridized carbons (Fsp3) is 0.214. The van der Waals surface area contributed by atoms with Gasteiger partial charge in [0.15, 0.2) is 5.76 Å². The van der Waals surface area contributed by atoms with Crippen LogP contribution in [0.5, 0.6) is 0 Å². The van der Waals surface area contributed by atoms with Crippen LogP contribution in [0.25, 0.3) is 11.5 Å². The number of imide groups is 1. The standard InChI is InChI=1S/C14H14N4O3/c19-13-15-5-6-18(13)14(20)17-9-10-3-4-11(16-8-10)12-2-1-7-21-12/h1-4,7-8H,5-6,9H2,(H,15,19)(H,17,20). The Morgan fingerprint density at radius 3 is 2.95 bits per heavy atom. The van der Waals surface area contributed by atoms with Crippen LogP contribution < -0.4 is 10.6 Å². The van der Waals surface area contributed by atoms with Crippen LogP contribution in [0.3, 0.4) is 0 Å². The highest BCUT2D eigenvalue weighted by molar-refractivity contribution is 5.94. The van der Waals surface area contributed by atoms with Gasteiger partial charge in [0.2, 0.25) is 0 Å². The van der Waals surface area contributed by atoms with Gasteiger partial charge in [0.1, 0.15) is 5.69 Å². The smallest absolute Gasteiger partial charge is 0.325 e. The Kier molecular flexibility index (Phi) is 3.55. The summed E-state index contributed by atoms with van der Waals surface area (Å²) in [6.45, 7) is 1.19. The van der Waals surface area contributed by atoms with Gasteiger partial charge in [0.05, 0.1) is 6.26 Å². The monoisotopic (exact) mass is 286 g/mol. The maximum Gasteiger partial charge on any atom is 0.325 e. The van der Waals surface area contributed by atoms with Gasteiger partial charge in [0, 0.05) is 25.8 Å². The Morgan fingerprint density at radius 1 is 1.43 bits per heavy atom. The lowest BCUT2D eigenvalue weighted by Gasteiger charge is -2.13. The summed E-state index contributed by atoms with van der Waals surface area (Å²) in [5.74, 6) is 0.694. The topological polar surface area (TPSA) is 87.5 Å². The molecule has 1 aliphatic heterocycles. The number of carbonyl (C=O) groups excluding carboxylic acids is 2. The van der Waals surface area contributed by atoms with Gasteiger partial charge >= 0.3 is 12.1 Å². The molecule has 0 radical (unpaired) electrons. The maximum atomic E-state index is 11.8. The van der Waals surface area contributed by atoms with Crippen molar-refractivity contribution < 1.29 is 14.0 Å². The molecule has 0 atom stereocenters. The summed E-state index contributed by atoms with van der Waals surface area (Å²) in [5.41, 5.74) is 1.58. The number of amides is 4. The second-order valence-electron chi connectivity index (χ2n) is 4.57. The van der Waals surface area contributed by atoms with Gasteiger partial charge in [-0.3, -0.25) is 4.98 Å². The highest BCUT2D eigenvalue weighted by atomic mass is 16.3. The first-order valence-electron chi connectivity index (χ1n) is 6.56. The maximum absolute atomic E-state index is 11.8. The number of hydrogen-bond acceptors (Lipinski definition) is 4. The molecule has 2 N–H and O–H groups in total. The molecule has 1 aliphatic rings. The molecule has 0 bridgehead atoms. The molecule has 4 amide bonds. The van der Waals surface area contributed by atoms with Crippen molar-refractivity contribution in [2.75, 3.05) is 13.1 Å². The third-order valence-corrected chi connectivity index (χ3v) is 3.14. The number of carbonyl (C=O) groups is 2. The number of rotatable bonds is 3. The number of furan rings is 1. The van der Waals surface area contributed by atoms with E-state index in [1.54, 1.807) is 18.5 Å². The predicted molar refractivity (Wildman–Crippen MR) is 74.3 cm³/mol. The fourth-order valence-electron chi connectivity index (χ4n) is 2.04. The summed E-state index contributed by atoms with van der Waals surface area (Å²) in [6.07, 6.45) is 3.26. The normalized spacial score (nSPS) is 14.1. The van der Waals surface area contributed by atoms with E-state index in [0.717, 1.165) is 16.2 Å². The molecule has 108 valence electrons. The minimum Gasteiger partial charge on any atom is -0.463 e. The van der Waals surface area contributed by atoms with E-state index in [9.17, 15) is 9.59 Å². The number of hydrogen-bond donors (Lipinski definition) is 2. The fourth-order valence-corrected chi connectivity index (χ4v) is 2.04. The Labute approximate surface area is 121 Å². The molecule has 0 unspecified atom stereocenters. The first kappa shape index (κ1) is 13.2. The van der Waals surface area contributed by atoms with Crippen LogP contribution in [0, 0.1) is 0 Å². The molecule has 0 saturated carbocycles. The van der Waals surface area contributed by atoms with Crippen molar-refractivity contribution >= 4 is 12.1 Å². The van der Waals surface area contributed by atoms with Crippen LogP contribution in [-0.2, 0) is 6.54 Å². The SMILES string of the molecule is O=C1NCCN1C(=O)NCc1ccc(-c2ccco2)nc1. The van der Waals surface area contributed by atoms with E-state index in [-0.39, 0.29) is 6.03 Å². The summed E-state index contributed by atoms with van der Waals surface area (Å²) >= 11 is 0.